The SMILES string of the molecule is O=S(=O)(O)O.[CH2-]C(CCCCCCCCCCCCCCCC)C1COCCN1CC.[Na+]. The molecule has 0 aliphatic carbocycles. The molecule has 1 aliphatic heterocycles. The van der Waals surface area contributed by atoms with E-state index in [9.17, 15) is 0 Å². The Bertz CT molecular complexity index is 485. The summed E-state index contributed by atoms with van der Waals surface area (Å²) in [7, 11) is -4.67. The van der Waals surface area contributed by atoms with Crippen LogP contribution in [0.15, 0.2) is 0 Å². The quantitative estimate of drug-likeness (QED) is 0.142. The Morgan fingerprint density at radius 2 is 1.28 bits per heavy atom. The molecule has 0 radical (unpaired) electrons. The van der Waals surface area contributed by atoms with E-state index in [1.165, 1.54) is 96.3 Å². The van der Waals surface area contributed by atoms with E-state index in [1.807, 2.05) is 0 Å². The van der Waals surface area contributed by atoms with Gasteiger partial charge in [0, 0.05) is 12.6 Å². The van der Waals surface area contributed by atoms with Crippen molar-refractivity contribution >= 4 is 10.4 Å². The van der Waals surface area contributed by atoms with Crippen LogP contribution < -0.4 is 29.6 Å². The Labute approximate surface area is 221 Å². The Kier molecular flexibility index (Phi) is 25.7. The van der Waals surface area contributed by atoms with E-state index in [4.69, 9.17) is 22.3 Å². The molecule has 0 saturated carbocycles. The number of likely N-dealkylation sites (N-methyl/N-ethyl adjacent to an activating group) is 1. The fraction of sp³-hybridized carbons (Fsp3) is 0.958. The van der Waals surface area contributed by atoms with Crippen LogP contribution in [0.25, 0.3) is 0 Å². The molecule has 8 heteroatoms. The molecular weight excluding hydrogens is 437 g/mol. The zero-order valence-electron chi connectivity index (χ0n) is 21.3. The van der Waals surface area contributed by atoms with E-state index in [0.717, 1.165) is 26.3 Å². The molecule has 6 nitrogen and oxygen atoms in total. The second-order valence-corrected chi connectivity index (χ2v) is 9.76. The van der Waals surface area contributed by atoms with Crippen LogP contribution in [0.1, 0.15) is 110 Å². The zero-order valence-corrected chi connectivity index (χ0v) is 24.1. The largest absolute Gasteiger partial charge is 1.00 e. The van der Waals surface area contributed by atoms with Crippen molar-refractivity contribution in [2.24, 2.45) is 5.92 Å². The average Bonchev–Trinajstić information content (AvgIpc) is 2.72. The number of hydrogen-bond acceptors (Lipinski definition) is 4. The number of hydrogen-bond donors (Lipinski definition) is 2. The van der Waals surface area contributed by atoms with E-state index >= 15 is 0 Å². The molecule has 2 atom stereocenters. The van der Waals surface area contributed by atoms with Crippen LogP contribution in [0.3, 0.4) is 0 Å². The van der Waals surface area contributed by atoms with Gasteiger partial charge in [-0.3, -0.25) is 14.0 Å². The van der Waals surface area contributed by atoms with Gasteiger partial charge >= 0.3 is 40.0 Å². The molecule has 0 spiro atoms. The van der Waals surface area contributed by atoms with Crippen molar-refractivity contribution in [2.45, 2.75) is 116 Å². The van der Waals surface area contributed by atoms with Crippen LogP contribution in [0.2, 0.25) is 0 Å². The molecule has 0 amide bonds. The van der Waals surface area contributed by atoms with E-state index < -0.39 is 10.4 Å². The van der Waals surface area contributed by atoms with Gasteiger partial charge in [-0.1, -0.05) is 110 Å². The molecule has 1 fully saturated rings. The van der Waals surface area contributed by atoms with Crippen molar-refractivity contribution < 1.29 is 51.8 Å². The molecule has 1 rings (SSSR count). The van der Waals surface area contributed by atoms with Crippen LogP contribution in [-0.2, 0) is 15.1 Å². The smallest absolute Gasteiger partial charge is 0.379 e. The summed E-state index contributed by atoms with van der Waals surface area (Å²) in [5, 5.41) is 0. The summed E-state index contributed by atoms with van der Waals surface area (Å²) in [6.45, 7) is 13.0. The maximum absolute atomic E-state index is 8.74. The van der Waals surface area contributed by atoms with Crippen molar-refractivity contribution in [3.63, 3.8) is 0 Å². The van der Waals surface area contributed by atoms with Crippen LogP contribution >= 0.6 is 0 Å². The van der Waals surface area contributed by atoms with Crippen LogP contribution in [-0.4, -0.2) is 54.8 Å². The zero-order chi connectivity index (χ0) is 23.4. The Morgan fingerprint density at radius 3 is 1.69 bits per heavy atom. The molecule has 1 saturated heterocycles. The molecule has 2 N–H and O–H groups in total. The first-order chi connectivity index (χ1) is 14.8. The van der Waals surface area contributed by atoms with Gasteiger partial charge in [0.25, 0.3) is 0 Å². The molecule has 32 heavy (non-hydrogen) atoms. The van der Waals surface area contributed by atoms with Gasteiger partial charge < -0.3 is 11.7 Å². The monoisotopic (exact) mass is 487 g/mol. The Morgan fingerprint density at radius 1 is 0.875 bits per heavy atom. The molecular formula is C24H50NNaO5S. The molecule has 1 aliphatic rings. The first-order valence-corrected chi connectivity index (χ1v) is 14.0. The predicted molar refractivity (Wildman–Crippen MR) is 130 cm³/mol. The maximum Gasteiger partial charge on any atom is 1.00 e. The van der Waals surface area contributed by atoms with Crippen molar-refractivity contribution in [2.75, 3.05) is 26.3 Å². The summed E-state index contributed by atoms with van der Waals surface area (Å²) in [6.07, 6.45) is 21.3. The van der Waals surface area contributed by atoms with Gasteiger partial charge in [0.05, 0.1) is 13.2 Å². The van der Waals surface area contributed by atoms with Crippen molar-refractivity contribution in [3.05, 3.63) is 6.92 Å². The van der Waals surface area contributed by atoms with Gasteiger partial charge in [-0.25, -0.2) is 0 Å². The molecule has 188 valence electrons. The number of unbranched alkanes of at least 4 members (excludes halogenated alkanes) is 13. The summed E-state index contributed by atoms with van der Waals surface area (Å²) in [6, 6.07) is 0.552. The normalized spacial score (nSPS) is 17.8. The first kappa shape index (κ1) is 35.0. The van der Waals surface area contributed by atoms with E-state index in [-0.39, 0.29) is 29.6 Å². The van der Waals surface area contributed by atoms with E-state index in [0.29, 0.717) is 12.0 Å². The minimum Gasteiger partial charge on any atom is -0.379 e. The summed E-state index contributed by atoms with van der Waals surface area (Å²) < 4.78 is 37.3. The van der Waals surface area contributed by atoms with Gasteiger partial charge in [-0.2, -0.15) is 14.3 Å². The second-order valence-electron chi connectivity index (χ2n) is 8.86. The fourth-order valence-electron chi connectivity index (χ4n) is 4.28. The van der Waals surface area contributed by atoms with E-state index in [2.05, 4.69) is 25.7 Å². The number of rotatable bonds is 17. The number of nitrogens with zero attached hydrogens (tertiary/aromatic N) is 1. The molecule has 0 aromatic heterocycles. The van der Waals surface area contributed by atoms with Crippen molar-refractivity contribution in [1.82, 2.24) is 4.90 Å². The Balaban J connectivity index is 0. The third-order valence-electron chi connectivity index (χ3n) is 6.16. The van der Waals surface area contributed by atoms with Crippen LogP contribution in [0, 0.1) is 12.8 Å². The Hall–Kier alpha value is 0.790. The van der Waals surface area contributed by atoms with Gasteiger partial charge in [-0.15, -0.1) is 0 Å². The maximum atomic E-state index is 8.74. The van der Waals surface area contributed by atoms with Crippen LogP contribution in [0.5, 0.6) is 0 Å². The fourth-order valence-corrected chi connectivity index (χ4v) is 4.28. The molecule has 1 heterocycles. The van der Waals surface area contributed by atoms with Crippen LogP contribution in [0.4, 0.5) is 0 Å². The van der Waals surface area contributed by atoms with Gasteiger partial charge in [0.2, 0.25) is 0 Å². The topological polar surface area (TPSA) is 87.1 Å². The van der Waals surface area contributed by atoms with Crippen molar-refractivity contribution in [3.8, 4) is 0 Å². The summed E-state index contributed by atoms with van der Waals surface area (Å²) in [4.78, 5) is 2.56. The standard InChI is InChI=1S/C24H48NO.Na.H2O4S/c1-4-6-7-8-9-10-11-12-13-14-15-16-17-18-19-23(3)24-22-26-21-20-25(24)5-2;;1-5(2,3)4/h23-24H,3-22H2,1-2H3;;(H2,1,2,3,4)/q-1;+1;. The third kappa shape index (κ3) is 23.9. The molecule has 0 aromatic rings. The molecule has 0 aromatic carbocycles. The molecule has 0 bridgehead atoms. The second kappa shape index (κ2) is 23.5. The van der Waals surface area contributed by atoms with Gasteiger partial charge in [0.15, 0.2) is 0 Å². The minimum absolute atomic E-state index is 0. The first-order valence-electron chi connectivity index (χ1n) is 12.6. The summed E-state index contributed by atoms with van der Waals surface area (Å²) in [5.74, 6) is 0.535. The number of morpholine rings is 1. The average molecular weight is 488 g/mol. The summed E-state index contributed by atoms with van der Waals surface area (Å²) >= 11 is 0. The van der Waals surface area contributed by atoms with Crippen molar-refractivity contribution in [1.29, 1.82) is 0 Å². The third-order valence-corrected chi connectivity index (χ3v) is 6.16. The minimum atomic E-state index is -4.67. The predicted octanol–water partition coefficient (Wildman–Crippen LogP) is 3.38. The molecule has 2 unspecified atom stereocenters. The summed E-state index contributed by atoms with van der Waals surface area (Å²) in [5.41, 5.74) is 0. The van der Waals surface area contributed by atoms with E-state index in [1.54, 1.807) is 0 Å². The van der Waals surface area contributed by atoms with Gasteiger partial charge in [-0.05, 0) is 6.54 Å². The van der Waals surface area contributed by atoms with Gasteiger partial charge in [0.1, 0.15) is 0 Å². The number of ether oxygens (including phenoxy) is 1.